The number of furan rings is 1. The van der Waals surface area contributed by atoms with E-state index in [-0.39, 0.29) is 28.0 Å². The number of nitro benzene ring substituents is 1. The highest BCUT2D eigenvalue weighted by atomic mass is 127. The SMILES string of the molecule is O=c1c2cc(I)ccc2nc(C=Cc2ccc([N+](=O)[O-])o2)n1-c1ccc([N+](=O)[O-])cc1Cl. The van der Waals surface area contributed by atoms with Crippen molar-refractivity contribution in [2.24, 2.45) is 0 Å². The Bertz CT molecular complexity index is 1490. The summed E-state index contributed by atoms with van der Waals surface area (Å²) in [6.45, 7) is 0. The zero-order chi connectivity index (χ0) is 23.0. The predicted molar refractivity (Wildman–Crippen MR) is 126 cm³/mol. The quantitative estimate of drug-likeness (QED) is 0.184. The molecule has 0 aliphatic carbocycles. The molecule has 0 aliphatic heterocycles. The first kappa shape index (κ1) is 21.6. The van der Waals surface area contributed by atoms with Crippen molar-refractivity contribution < 1.29 is 14.3 Å². The molecule has 0 saturated carbocycles. The predicted octanol–water partition coefficient (Wildman–Crippen LogP) is 5.22. The summed E-state index contributed by atoms with van der Waals surface area (Å²) in [7, 11) is 0. The maximum absolute atomic E-state index is 13.4. The van der Waals surface area contributed by atoms with Crippen LogP contribution < -0.4 is 5.56 Å². The Balaban J connectivity index is 1.94. The highest BCUT2D eigenvalue weighted by molar-refractivity contribution is 14.1. The Kier molecular flexibility index (Phi) is 5.76. The molecule has 10 nitrogen and oxygen atoms in total. The number of benzene rings is 2. The lowest BCUT2D eigenvalue weighted by Crippen LogP contribution is -2.22. The van der Waals surface area contributed by atoms with Crippen LogP contribution in [0.25, 0.3) is 28.7 Å². The van der Waals surface area contributed by atoms with Crippen LogP contribution in [0.1, 0.15) is 11.6 Å². The van der Waals surface area contributed by atoms with Crippen molar-refractivity contribution in [3.8, 4) is 5.69 Å². The van der Waals surface area contributed by atoms with Crippen molar-refractivity contribution in [1.82, 2.24) is 9.55 Å². The average molecular weight is 565 g/mol. The van der Waals surface area contributed by atoms with Crippen LogP contribution in [0.4, 0.5) is 11.6 Å². The summed E-state index contributed by atoms with van der Waals surface area (Å²) >= 11 is 8.35. The number of halogens is 2. The van der Waals surface area contributed by atoms with E-state index in [1.165, 1.54) is 41.0 Å². The molecule has 4 aromatic rings. The molecule has 0 radical (unpaired) electrons. The van der Waals surface area contributed by atoms with Gasteiger partial charge in [-0.1, -0.05) is 11.6 Å². The van der Waals surface area contributed by atoms with E-state index in [1.54, 1.807) is 18.2 Å². The van der Waals surface area contributed by atoms with Gasteiger partial charge >= 0.3 is 5.88 Å². The minimum atomic E-state index is -0.667. The number of hydrogen-bond acceptors (Lipinski definition) is 7. The van der Waals surface area contributed by atoms with E-state index in [0.29, 0.717) is 10.9 Å². The monoisotopic (exact) mass is 564 g/mol. The number of non-ortho nitro benzene ring substituents is 1. The summed E-state index contributed by atoms with van der Waals surface area (Å²) in [6, 6.07) is 11.5. The Morgan fingerprint density at radius 2 is 1.81 bits per heavy atom. The van der Waals surface area contributed by atoms with Crippen LogP contribution in [0.15, 0.2) is 57.7 Å². The van der Waals surface area contributed by atoms with Crippen LogP contribution in [0.2, 0.25) is 5.02 Å². The van der Waals surface area contributed by atoms with Crippen molar-refractivity contribution in [1.29, 1.82) is 0 Å². The third-order valence-electron chi connectivity index (χ3n) is 4.43. The number of fused-ring (bicyclic) bond motifs is 1. The Morgan fingerprint density at radius 1 is 1.03 bits per heavy atom. The summed E-state index contributed by atoms with van der Waals surface area (Å²) < 4.78 is 7.15. The normalized spacial score (nSPS) is 11.3. The highest BCUT2D eigenvalue weighted by Gasteiger charge is 2.17. The molecule has 2 aromatic carbocycles. The van der Waals surface area contributed by atoms with Gasteiger partial charge in [0.25, 0.3) is 11.2 Å². The maximum atomic E-state index is 13.4. The lowest BCUT2D eigenvalue weighted by Gasteiger charge is -2.13. The number of nitrogens with zero attached hydrogens (tertiary/aromatic N) is 4. The molecule has 4 rings (SSSR count). The zero-order valence-electron chi connectivity index (χ0n) is 15.8. The highest BCUT2D eigenvalue weighted by Crippen LogP contribution is 2.27. The van der Waals surface area contributed by atoms with E-state index in [9.17, 15) is 25.0 Å². The van der Waals surface area contributed by atoms with Crippen LogP contribution in [0.5, 0.6) is 0 Å². The molecule has 2 aromatic heterocycles. The van der Waals surface area contributed by atoms with Crippen LogP contribution in [0.3, 0.4) is 0 Å². The molecule has 0 bridgehead atoms. The zero-order valence-corrected chi connectivity index (χ0v) is 18.7. The molecule has 0 spiro atoms. The fourth-order valence-corrected chi connectivity index (χ4v) is 3.75. The first-order valence-electron chi connectivity index (χ1n) is 8.83. The first-order chi connectivity index (χ1) is 15.2. The van der Waals surface area contributed by atoms with Crippen molar-refractivity contribution in [2.45, 2.75) is 0 Å². The van der Waals surface area contributed by atoms with Crippen LogP contribution >= 0.6 is 34.2 Å². The van der Waals surface area contributed by atoms with E-state index in [1.807, 2.05) is 0 Å². The lowest BCUT2D eigenvalue weighted by atomic mass is 10.2. The average Bonchev–Trinajstić information content (AvgIpc) is 3.23. The van der Waals surface area contributed by atoms with Gasteiger partial charge in [-0.2, -0.15) is 0 Å². The summed E-state index contributed by atoms with van der Waals surface area (Å²) in [6.07, 6.45) is 2.86. The standard InChI is InChI=1S/C20H10ClIN4O6/c21-15-10-12(25(28)29)2-6-17(15)24-18(7-3-13-4-8-19(32-13)26(30)31)23-16-5-1-11(22)9-14(16)20(24)27/h1-10H. The van der Waals surface area contributed by atoms with Crippen molar-refractivity contribution >= 4 is 68.8 Å². The molecule has 0 amide bonds. The molecule has 0 fully saturated rings. The van der Waals surface area contributed by atoms with Crippen LogP contribution in [0, 0.1) is 23.8 Å². The number of nitro groups is 2. The minimum absolute atomic E-state index is 0.0173. The smallest absolute Gasteiger partial charge is 0.401 e. The van der Waals surface area contributed by atoms with Crippen molar-refractivity contribution in [2.75, 3.05) is 0 Å². The van der Waals surface area contributed by atoms with E-state index in [2.05, 4.69) is 27.6 Å². The van der Waals surface area contributed by atoms with Gasteiger partial charge in [-0.05, 0) is 65.1 Å². The first-order valence-corrected chi connectivity index (χ1v) is 10.3. The van der Waals surface area contributed by atoms with Gasteiger partial charge < -0.3 is 4.42 Å². The number of hydrogen-bond donors (Lipinski definition) is 0. The van der Waals surface area contributed by atoms with Crippen molar-refractivity contribution in [3.63, 3.8) is 0 Å². The fraction of sp³-hybridized carbons (Fsp3) is 0. The molecule has 0 atom stereocenters. The van der Waals surface area contributed by atoms with E-state index in [0.717, 1.165) is 9.64 Å². The molecule has 12 heteroatoms. The molecule has 0 aliphatic rings. The molecule has 0 unspecified atom stereocenters. The summed E-state index contributed by atoms with van der Waals surface area (Å²) in [4.78, 5) is 38.5. The fourth-order valence-electron chi connectivity index (χ4n) is 3.00. The molecule has 32 heavy (non-hydrogen) atoms. The van der Waals surface area contributed by atoms with Gasteiger partial charge in [0, 0.05) is 15.7 Å². The minimum Gasteiger partial charge on any atom is -0.401 e. The second-order valence-electron chi connectivity index (χ2n) is 6.43. The molecule has 2 heterocycles. The third-order valence-corrected chi connectivity index (χ3v) is 5.40. The second kappa shape index (κ2) is 8.51. The second-order valence-corrected chi connectivity index (χ2v) is 8.08. The lowest BCUT2D eigenvalue weighted by molar-refractivity contribution is -0.402. The summed E-state index contributed by atoms with van der Waals surface area (Å²) in [5.74, 6) is -0.102. The third kappa shape index (κ3) is 4.11. The van der Waals surface area contributed by atoms with E-state index in [4.69, 9.17) is 16.0 Å². The molecule has 160 valence electrons. The largest absolute Gasteiger partial charge is 0.433 e. The van der Waals surface area contributed by atoms with Gasteiger partial charge in [0.15, 0.2) is 0 Å². The van der Waals surface area contributed by atoms with Crippen molar-refractivity contribution in [3.05, 3.63) is 99.3 Å². The van der Waals surface area contributed by atoms with E-state index >= 15 is 0 Å². The number of rotatable bonds is 5. The van der Waals surface area contributed by atoms with E-state index < -0.39 is 21.3 Å². The maximum Gasteiger partial charge on any atom is 0.433 e. The Hall–Kier alpha value is -3.58. The van der Waals surface area contributed by atoms with Crippen LogP contribution in [-0.2, 0) is 0 Å². The molecular formula is C20H10ClIN4O6. The van der Waals surface area contributed by atoms with Gasteiger partial charge in [-0.25, -0.2) is 4.98 Å². The Labute approximate surface area is 197 Å². The topological polar surface area (TPSA) is 134 Å². The molecular weight excluding hydrogens is 555 g/mol. The molecule has 0 saturated heterocycles. The van der Waals surface area contributed by atoms with Crippen LogP contribution in [-0.4, -0.2) is 19.4 Å². The Morgan fingerprint density at radius 3 is 2.47 bits per heavy atom. The summed E-state index contributed by atoms with van der Waals surface area (Å²) in [5.41, 5.74) is -0.0418. The van der Waals surface area contributed by atoms with Gasteiger partial charge in [-0.3, -0.25) is 29.6 Å². The molecule has 0 N–H and O–H groups in total. The summed E-state index contributed by atoms with van der Waals surface area (Å²) in [5, 5.41) is 22.2. The van der Waals surface area contributed by atoms with Gasteiger partial charge in [0.1, 0.15) is 16.5 Å². The van der Waals surface area contributed by atoms with Gasteiger partial charge in [-0.15, -0.1) is 0 Å². The van der Waals surface area contributed by atoms with Gasteiger partial charge in [0.2, 0.25) is 0 Å². The number of aromatic nitrogens is 2. The van der Waals surface area contributed by atoms with Gasteiger partial charge in [0.05, 0.1) is 32.6 Å².